The van der Waals surface area contributed by atoms with E-state index in [9.17, 15) is 0 Å². The summed E-state index contributed by atoms with van der Waals surface area (Å²) in [5, 5.41) is 3.74. The Morgan fingerprint density at radius 2 is 2.20 bits per heavy atom. The summed E-state index contributed by atoms with van der Waals surface area (Å²) in [4.78, 5) is 0. The maximum Gasteiger partial charge on any atom is 0.0364 e. The Hall–Kier alpha value is -0.760. The van der Waals surface area contributed by atoms with Gasteiger partial charge in [0.1, 0.15) is 0 Å². The van der Waals surface area contributed by atoms with Crippen molar-refractivity contribution in [3.8, 4) is 0 Å². The van der Waals surface area contributed by atoms with E-state index < -0.39 is 0 Å². The van der Waals surface area contributed by atoms with Crippen LogP contribution in [0.3, 0.4) is 0 Å². The number of nitrogens with zero attached hydrogens (tertiary/aromatic N) is 1. The van der Waals surface area contributed by atoms with E-state index in [1.54, 1.807) is 0 Å². The van der Waals surface area contributed by atoms with Crippen LogP contribution in [-0.4, -0.2) is 10.1 Å². The van der Waals surface area contributed by atoms with Gasteiger partial charge in [-0.2, -0.15) is 0 Å². The molecule has 1 aromatic heterocycles. The molecule has 1 aliphatic rings. The largest absolute Gasteiger partial charge is 0.351 e. The molecule has 0 unspecified atom stereocenters. The Labute approximate surface area is 92.7 Å². The molecule has 1 aromatic rings. The van der Waals surface area contributed by atoms with Crippen LogP contribution in [-0.2, 0) is 13.1 Å². The fraction of sp³-hybridized carbons (Fsp3) is 0.692. The predicted octanol–water partition coefficient (Wildman–Crippen LogP) is 2.93. The van der Waals surface area contributed by atoms with Crippen molar-refractivity contribution in [1.29, 1.82) is 0 Å². The van der Waals surface area contributed by atoms with Gasteiger partial charge >= 0.3 is 0 Å². The Morgan fingerprint density at radius 3 is 2.73 bits per heavy atom. The van der Waals surface area contributed by atoms with Crippen LogP contribution in [0.2, 0.25) is 0 Å². The zero-order chi connectivity index (χ0) is 10.7. The molecule has 0 aromatic carbocycles. The van der Waals surface area contributed by atoms with Gasteiger partial charge < -0.3 is 9.88 Å². The molecule has 1 fully saturated rings. The number of hydrogen-bond acceptors (Lipinski definition) is 1. The monoisotopic (exact) mass is 206 g/mol. The van der Waals surface area contributed by atoms with Gasteiger partial charge in [0.05, 0.1) is 0 Å². The van der Waals surface area contributed by atoms with Gasteiger partial charge in [-0.15, -0.1) is 0 Å². The molecule has 2 nitrogen and oxygen atoms in total. The molecule has 1 heterocycles. The lowest BCUT2D eigenvalue weighted by Gasteiger charge is -2.42. The topological polar surface area (TPSA) is 17.0 Å². The molecule has 0 amide bonds. The van der Waals surface area contributed by atoms with Crippen molar-refractivity contribution in [2.75, 3.05) is 0 Å². The van der Waals surface area contributed by atoms with Crippen LogP contribution in [0.4, 0.5) is 0 Å². The fourth-order valence-electron chi connectivity index (χ4n) is 2.46. The fourth-order valence-corrected chi connectivity index (χ4v) is 2.46. The van der Waals surface area contributed by atoms with Crippen molar-refractivity contribution in [3.05, 3.63) is 24.0 Å². The second kappa shape index (κ2) is 4.40. The Bertz CT molecular complexity index is 305. The third kappa shape index (κ3) is 2.10. The molecule has 0 atom stereocenters. The normalized spacial score (nSPS) is 18.8. The van der Waals surface area contributed by atoms with Crippen LogP contribution < -0.4 is 5.32 Å². The lowest BCUT2D eigenvalue weighted by Crippen LogP contribution is -2.50. The quantitative estimate of drug-likeness (QED) is 0.784. The van der Waals surface area contributed by atoms with Gasteiger partial charge in [-0.3, -0.25) is 0 Å². The maximum atomic E-state index is 3.74. The Morgan fingerprint density at radius 1 is 1.40 bits per heavy atom. The van der Waals surface area contributed by atoms with Crippen molar-refractivity contribution < 1.29 is 0 Å². The first kappa shape index (κ1) is 10.7. The highest BCUT2D eigenvalue weighted by molar-refractivity contribution is 5.08. The van der Waals surface area contributed by atoms with E-state index in [2.05, 4.69) is 42.1 Å². The molecule has 1 saturated carbocycles. The van der Waals surface area contributed by atoms with Crippen molar-refractivity contribution >= 4 is 0 Å². The Kier molecular flexibility index (Phi) is 3.15. The van der Waals surface area contributed by atoms with Crippen molar-refractivity contribution in [2.45, 2.75) is 58.2 Å². The van der Waals surface area contributed by atoms with Crippen LogP contribution >= 0.6 is 0 Å². The third-order valence-corrected chi connectivity index (χ3v) is 3.90. The second-order valence-electron chi connectivity index (χ2n) is 4.63. The summed E-state index contributed by atoms with van der Waals surface area (Å²) in [6.45, 7) is 6.59. The van der Waals surface area contributed by atoms with E-state index >= 15 is 0 Å². The summed E-state index contributed by atoms with van der Waals surface area (Å²) in [7, 11) is 0. The summed E-state index contributed by atoms with van der Waals surface area (Å²) < 4.78 is 2.31. The first-order valence-corrected chi connectivity index (χ1v) is 6.19. The summed E-state index contributed by atoms with van der Waals surface area (Å²) in [6, 6.07) is 4.36. The van der Waals surface area contributed by atoms with Crippen LogP contribution in [0, 0.1) is 0 Å². The average molecular weight is 206 g/mol. The molecule has 0 aliphatic heterocycles. The molecule has 2 rings (SSSR count). The van der Waals surface area contributed by atoms with E-state index in [-0.39, 0.29) is 0 Å². The zero-order valence-electron chi connectivity index (χ0n) is 9.92. The SMILES string of the molecule is CCn1cccc1CNC1(CC)CCC1. The Balaban J connectivity index is 1.92. The van der Waals surface area contributed by atoms with E-state index in [0.29, 0.717) is 5.54 Å². The molecule has 2 heteroatoms. The molecular weight excluding hydrogens is 184 g/mol. The van der Waals surface area contributed by atoms with E-state index in [1.165, 1.54) is 31.4 Å². The molecule has 84 valence electrons. The molecule has 0 saturated heterocycles. The third-order valence-electron chi connectivity index (χ3n) is 3.90. The van der Waals surface area contributed by atoms with Crippen LogP contribution in [0.5, 0.6) is 0 Å². The van der Waals surface area contributed by atoms with Gasteiger partial charge in [0, 0.05) is 30.5 Å². The lowest BCUT2D eigenvalue weighted by molar-refractivity contribution is 0.174. The maximum absolute atomic E-state index is 3.74. The van der Waals surface area contributed by atoms with Gasteiger partial charge in [-0.05, 0) is 44.7 Å². The van der Waals surface area contributed by atoms with Gasteiger partial charge in [-0.25, -0.2) is 0 Å². The van der Waals surface area contributed by atoms with Crippen LogP contribution in [0.25, 0.3) is 0 Å². The first-order valence-electron chi connectivity index (χ1n) is 6.19. The molecular formula is C13H22N2. The molecule has 15 heavy (non-hydrogen) atoms. The van der Waals surface area contributed by atoms with Crippen LogP contribution in [0.1, 0.15) is 45.2 Å². The van der Waals surface area contributed by atoms with Gasteiger partial charge in [0.15, 0.2) is 0 Å². The van der Waals surface area contributed by atoms with Gasteiger partial charge in [-0.1, -0.05) is 6.92 Å². The van der Waals surface area contributed by atoms with E-state index in [1.807, 2.05) is 0 Å². The molecule has 0 spiro atoms. The molecule has 0 radical (unpaired) electrons. The highest BCUT2D eigenvalue weighted by atomic mass is 15.0. The second-order valence-corrected chi connectivity index (χ2v) is 4.63. The van der Waals surface area contributed by atoms with E-state index in [4.69, 9.17) is 0 Å². The molecule has 1 aliphatic carbocycles. The van der Waals surface area contributed by atoms with Crippen molar-refractivity contribution in [3.63, 3.8) is 0 Å². The average Bonchev–Trinajstić information content (AvgIpc) is 2.64. The lowest BCUT2D eigenvalue weighted by atomic mass is 9.75. The predicted molar refractivity (Wildman–Crippen MR) is 63.8 cm³/mol. The molecule has 1 N–H and O–H groups in total. The minimum atomic E-state index is 0.461. The van der Waals surface area contributed by atoms with Crippen molar-refractivity contribution in [2.24, 2.45) is 0 Å². The smallest absolute Gasteiger partial charge is 0.0364 e. The summed E-state index contributed by atoms with van der Waals surface area (Å²) in [6.07, 6.45) is 7.54. The molecule has 0 bridgehead atoms. The van der Waals surface area contributed by atoms with Gasteiger partial charge in [0.2, 0.25) is 0 Å². The highest BCUT2D eigenvalue weighted by Gasteiger charge is 2.34. The standard InChI is InChI=1S/C13H22N2/c1-3-13(8-6-9-13)14-11-12-7-5-10-15(12)4-2/h5,7,10,14H,3-4,6,8-9,11H2,1-2H3. The number of aromatic nitrogens is 1. The number of hydrogen-bond donors (Lipinski definition) is 1. The minimum Gasteiger partial charge on any atom is -0.351 e. The first-order chi connectivity index (χ1) is 7.29. The van der Waals surface area contributed by atoms with Crippen molar-refractivity contribution in [1.82, 2.24) is 9.88 Å². The zero-order valence-corrected chi connectivity index (χ0v) is 9.92. The van der Waals surface area contributed by atoms with E-state index in [0.717, 1.165) is 13.1 Å². The summed E-state index contributed by atoms with van der Waals surface area (Å²) in [5.41, 5.74) is 1.88. The summed E-state index contributed by atoms with van der Waals surface area (Å²) in [5.74, 6) is 0. The number of rotatable bonds is 5. The van der Waals surface area contributed by atoms with Crippen LogP contribution in [0.15, 0.2) is 18.3 Å². The summed E-state index contributed by atoms with van der Waals surface area (Å²) >= 11 is 0. The number of aryl methyl sites for hydroxylation is 1. The van der Waals surface area contributed by atoms with Gasteiger partial charge in [0.25, 0.3) is 0 Å². The minimum absolute atomic E-state index is 0.461. The number of nitrogens with one attached hydrogen (secondary N) is 1. The highest BCUT2D eigenvalue weighted by Crippen LogP contribution is 2.34.